The van der Waals surface area contributed by atoms with E-state index in [0.717, 1.165) is 11.3 Å². The Hall–Kier alpha value is -2.83. The molecule has 7 heteroatoms. The van der Waals surface area contributed by atoms with Gasteiger partial charge in [-0.15, -0.1) is 6.58 Å². The van der Waals surface area contributed by atoms with E-state index in [1.54, 1.807) is 20.1 Å². The van der Waals surface area contributed by atoms with Crippen molar-refractivity contribution in [1.82, 2.24) is 20.8 Å². The van der Waals surface area contributed by atoms with Crippen molar-refractivity contribution < 1.29 is 9.26 Å². The van der Waals surface area contributed by atoms with Crippen LogP contribution >= 0.6 is 0 Å². The molecule has 128 valence electrons. The highest BCUT2D eigenvalue weighted by Gasteiger charge is 2.05. The van der Waals surface area contributed by atoms with Crippen LogP contribution in [0.4, 0.5) is 0 Å². The Bertz CT molecular complexity index is 681. The molecule has 2 aromatic rings. The molecule has 0 amide bonds. The van der Waals surface area contributed by atoms with Crippen LogP contribution in [0.5, 0.6) is 5.75 Å². The summed E-state index contributed by atoms with van der Waals surface area (Å²) in [6.07, 6.45) is 2.41. The van der Waals surface area contributed by atoms with Gasteiger partial charge in [0.1, 0.15) is 5.75 Å². The maximum absolute atomic E-state index is 5.35. The maximum atomic E-state index is 5.35. The van der Waals surface area contributed by atoms with Gasteiger partial charge >= 0.3 is 0 Å². The topological polar surface area (TPSA) is 84.6 Å². The van der Waals surface area contributed by atoms with Gasteiger partial charge in [-0.2, -0.15) is 4.98 Å². The second-order valence-corrected chi connectivity index (χ2v) is 5.06. The molecule has 0 aliphatic heterocycles. The Morgan fingerprint density at radius 1 is 1.38 bits per heavy atom. The van der Waals surface area contributed by atoms with Crippen molar-refractivity contribution in [2.75, 3.05) is 20.2 Å². The van der Waals surface area contributed by atoms with Crippen LogP contribution < -0.4 is 15.4 Å². The molecule has 0 spiro atoms. The highest BCUT2D eigenvalue weighted by atomic mass is 16.5. The molecule has 0 fully saturated rings. The van der Waals surface area contributed by atoms with Gasteiger partial charge in [0.2, 0.25) is 5.89 Å². The molecule has 1 aromatic carbocycles. The minimum Gasteiger partial charge on any atom is -0.496 e. The van der Waals surface area contributed by atoms with Crippen molar-refractivity contribution in [3.63, 3.8) is 0 Å². The van der Waals surface area contributed by atoms with E-state index in [1.807, 2.05) is 24.3 Å². The van der Waals surface area contributed by atoms with E-state index in [1.165, 1.54) is 0 Å². The van der Waals surface area contributed by atoms with Crippen LogP contribution in [0.1, 0.15) is 17.3 Å². The zero-order valence-corrected chi connectivity index (χ0v) is 14.1. The Balaban J connectivity index is 1.94. The van der Waals surface area contributed by atoms with E-state index in [0.29, 0.717) is 43.7 Å². The van der Waals surface area contributed by atoms with E-state index >= 15 is 0 Å². The summed E-state index contributed by atoms with van der Waals surface area (Å²) < 4.78 is 10.4. The Morgan fingerprint density at radius 2 is 2.21 bits per heavy atom. The number of guanidine groups is 1. The highest BCUT2D eigenvalue weighted by molar-refractivity contribution is 5.79. The number of hydrogen-bond acceptors (Lipinski definition) is 5. The second-order valence-electron chi connectivity index (χ2n) is 5.06. The van der Waals surface area contributed by atoms with E-state index in [2.05, 4.69) is 32.3 Å². The number of nitrogens with zero attached hydrogens (tertiary/aromatic N) is 3. The zero-order chi connectivity index (χ0) is 17.2. The van der Waals surface area contributed by atoms with Gasteiger partial charge < -0.3 is 19.9 Å². The summed E-state index contributed by atoms with van der Waals surface area (Å²) in [6, 6.07) is 7.82. The number of para-hydroxylation sites is 1. The fourth-order valence-corrected chi connectivity index (χ4v) is 2.07. The van der Waals surface area contributed by atoms with Crippen LogP contribution in [0.3, 0.4) is 0 Å². The smallest absolute Gasteiger partial charge is 0.228 e. The van der Waals surface area contributed by atoms with Gasteiger partial charge in [0, 0.05) is 25.1 Å². The van der Waals surface area contributed by atoms with E-state index in [9.17, 15) is 0 Å². The molecule has 0 aliphatic carbocycles. The molecule has 0 radical (unpaired) electrons. The molecule has 0 atom stereocenters. The lowest BCUT2D eigenvalue weighted by atomic mass is 10.2. The number of benzene rings is 1. The van der Waals surface area contributed by atoms with Crippen LogP contribution in [0.15, 0.2) is 46.4 Å². The normalized spacial score (nSPS) is 11.2. The van der Waals surface area contributed by atoms with Crippen molar-refractivity contribution in [2.24, 2.45) is 4.99 Å². The predicted octanol–water partition coefficient (Wildman–Crippen LogP) is 1.85. The van der Waals surface area contributed by atoms with E-state index < -0.39 is 0 Å². The number of nitrogens with one attached hydrogen (secondary N) is 2. The summed E-state index contributed by atoms with van der Waals surface area (Å²) in [4.78, 5) is 8.75. The van der Waals surface area contributed by atoms with Crippen molar-refractivity contribution in [3.05, 3.63) is 54.2 Å². The minimum absolute atomic E-state index is 0.510. The molecule has 1 aromatic heterocycles. The third-order valence-corrected chi connectivity index (χ3v) is 3.21. The van der Waals surface area contributed by atoms with Crippen molar-refractivity contribution >= 4 is 5.96 Å². The maximum Gasteiger partial charge on any atom is 0.228 e. The summed E-state index contributed by atoms with van der Waals surface area (Å²) in [7, 11) is 1.66. The third kappa shape index (κ3) is 5.42. The molecule has 0 saturated heterocycles. The average molecular weight is 329 g/mol. The van der Waals surface area contributed by atoms with Gasteiger partial charge in [0.05, 0.1) is 13.7 Å². The first-order valence-corrected chi connectivity index (χ1v) is 7.77. The largest absolute Gasteiger partial charge is 0.496 e. The number of rotatable bonds is 8. The molecule has 24 heavy (non-hydrogen) atoms. The number of ether oxygens (including phenoxy) is 1. The summed E-state index contributed by atoms with van der Waals surface area (Å²) in [5.41, 5.74) is 1.02. The standard InChI is InChI=1S/C17H23N5O2/c1-4-10-18-17(19-11-9-16-21-13(2)22-24-16)20-12-14-7-5-6-8-15(14)23-3/h4-8H,1,9-12H2,2-3H3,(H2,18,19,20). The Kier molecular flexibility index (Phi) is 6.82. The molecule has 7 nitrogen and oxygen atoms in total. The van der Waals surface area contributed by atoms with Gasteiger partial charge in [-0.25, -0.2) is 4.99 Å². The number of methoxy groups -OCH3 is 1. The molecule has 1 heterocycles. The SMILES string of the molecule is C=CCNC(=NCc1ccccc1OC)NCCc1nc(C)no1. The molecular weight excluding hydrogens is 306 g/mol. The van der Waals surface area contributed by atoms with Crippen molar-refractivity contribution in [2.45, 2.75) is 19.9 Å². The molecular formula is C17H23N5O2. The van der Waals surface area contributed by atoms with Gasteiger partial charge in [0.15, 0.2) is 11.8 Å². The van der Waals surface area contributed by atoms with Gasteiger partial charge in [0.25, 0.3) is 0 Å². The van der Waals surface area contributed by atoms with Gasteiger partial charge in [-0.1, -0.05) is 29.4 Å². The second kappa shape index (κ2) is 9.34. The first kappa shape index (κ1) is 17.5. The number of hydrogen-bond donors (Lipinski definition) is 2. The van der Waals surface area contributed by atoms with Crippen molar-refractivity contribution in [1.29, 1.82) is 0 Å². The zero-order valence-electron chi connectivity index (χ0n) is 14.1. The first-order valence-electron chi connectivity index (χ1n) is 7.77. The number of aliphatic imine (C=N–C) groups is 1. The first-order chi connectivity index (χ1) is 11.7. The van der Waals surface area contributed by atoms with Crippen LogP contribution in [0, 0.1) is 6.92 Å². The van der Waals surface area contributed by atoms with Crippen LogP contribution in [0.25, 0.3) is 0 Å². The van der Waals surface area contributed by atoms with Crippen LogP contribution in [-0.2, 0) is 13.0 Å². The molecule has 0 aliphatic rings. The predicted molar refractivity (Wildman–Crippen MR) is 93.1 cm³/mol. The van der Waals surface area contributed by atoms with E-state index in [4.69, 9.17) is 9.26 Å². The fourth-order valence-electron chi connectivity index (χ4n) is 2.07. The third-order valence-electron chi connectivity index (χ3n) is 3.21. The molecule has 2 rings (SSSR count). The Labute approximate surface area is 141 Å². The molecule has 0 bridgehead atoms. The lowest BCUT2D eigenvalue weighted by Crippen LogP contribution is -2.38. The number of aromatic nitrogens is 2. The fraction of sp³-hybridized carbons (Fsp3) is 0.353. The number of aryl methyl sites for hydroxylation is 1. The summed E-state index contributed by atoms with van der Waals surface area (Å²) in [6.45, 7) is 7.28. The summed E-state index contributed by atoms with van der Waals surface area (Å²) in [5, 5.41) is 10.2. The summed E-state index contributed by atoms with van der Waals surface area (Å²) >= 11 is 0. The average Bonchev–Trinajstić information content (AvgIpc) is 3.02. The van der Waals surface area contributed by atoms with E-state index in [-0.39, 0.29) is 0 Å². The quantitative estimate of drug-likeness (QED) is 0.437. The monoisotopic (exact) mass is 329 g/mol. The lowest BCUT2D eigenvalue weighted by molar-refractivity contribution is 0.374. The molecule has 0 unspecified atom stereocenters. The molecule has 2 N–H and O–H groups in total. The van der Waals surface area contributed by atoms with Gasteiger partial charge in [-0.05, 0) is 13.0 Å². The van der Waals surface area contributed by atoms with Crippen LogP contribution in [0.2, 0.25) is 0 Å². The Morgan fingerprint density at radius 3 is 2.92 bits per heavy atom. The van der Waals surface area contributed by atoms with Crippen molar-refractivity contribution in [3.8, 4) is 5.75 Å². The minimum atomic E-state index is 0.510. The lowest BCUT2D eigenvalue weighted by Gasteiger charge is -2.11. The van der Waals surface area contributed by atoms with Crippen LogP contribution in [-0.4, -0.2) is 36.3 Å². The molecule has 0 saturated carbocycles. The van der Waals surface area contributed by atoms with Gasteiger partial charge in [-0.3, -0.25) is 0 Å². The highest BCUT2D eigenvalue weighted by Crippen LogP contribution is 2.17. The summed E-state index contributed by atoms with van der Waals surface area (Å²) in [5.74, 6) is 2.76.